The number of hydrogen-bond acceptors (Lipinski definition) is 8. The van der Waals surface area contributed by atoms with E-state index >= 15 is 0 Å². The second kappa shape index (κ2) is 7.59. The Morgan fingerprint density at radius 2 is 1.85 bits per heavy atom. The smallest absolute Gasteiger partial charge is 0.387 e. The van der Waals surface area contributed by atoms with Crippen molar-refractivity contribution in [2.75, 3.05) is 19.8 Å². The van der Waals surface area contributed by atoms with E-state index in [2.05, 4.69) is 15.3 Å². The summed E-state index contributed by atoms with van der Waals surface area (Å²) in [6.07, 6.45) is 0. The monoisotopic (exact) mass is 394 g/mol. The minimum atomic E-state index is -3.89. The summed E-state index contributed by atoms with van der Waals surface area (Å²) in [7, 11) is -3.89. The van der Waals surface area contributed by atoms with Crippen molar-refractivity contribution in [3.8, 4) is 0 Å². The first-order valence-corrected chi connectivity index (χ1v) is 9.97. The van der Waals surface area contributed by atoms with Gasteiger partial charge in [-0.2, -0.15) is 4.52 Å². The molecule has 0 aliphatic carbocycles. The second-order valence-electron chi connectivity index (χ2n) is 5.41. The summed E-state index contributed by atoms with van der Waals surface area (Å²) < 4.78 is 29.3. The summed E-state index contributed by atoms with van der Waals surface area (Å²) >= 11 is 0. The van der Waals surface area contributed by atoms with Crippen LogP contribution < -0.4 is 11.0 Å². The first-order valence-electron chi connectivity index (χ1n) is 8.43. The van der Waals surface area contributed by atoms with Crippen LogP contribution in [0.4, 0.5) is 0 Å². The number of benzene rings is 1. The molecule has 1 aromatic carbocycles. The van der Waals surface area contributed by atoms with Gasteiger partial charge in [-0.3, -0.25) is 14.5 Å². The summed E-state index contributed by atoms with van der Waals surface area (Å²) in [6.45, 7) is 5.39. The van der Waals surface area contributed by atoms with Crippen LogP contribution in [0.5, 0.6) is 0 Å². The number of carbonyl (C=O) groups is 1. The Labute approximate surface area is 154 Å². The molecule has 0 aliphatic rings. The number of carbonyl (C=O) groups excluding carboxylic acids is 1. The molecule has 0 fully saturated rings. The third kappa shape index (κ3) is 3.39. The average molecular weight is 394 g/mol. The quantitative estimate of drug-likeness (QED) is 0.474. The van der Waals surface area contributed by atoms with Crippen molar-refractivity contribution in [2.45, 2.75) is 20.8 Å². The zero-order valence-corrected chi connectivity index (χ0v) is 16.0. The number of aromatic amines is 1. The zero-order chi connectivity index (χ0) is 19.6. The fourth-order valence-corrected chi connectivity index (χ4v) is 4.11. The highest BCUT2D eigenvalue weighted by Crippen LogP contribution is 2.44. The van der Waals surface area contributed by atoms with Gasteiger partial charge in [-0.25, -0.2) is 4.79 Å². The Bertz CT molecular complexity index is 1100. The lowest BCUT2D eigenvalue weighted by Gasteiger charge is -2.14. The summed E-state index contributed by atoms with van der Waals surface area (Å²) in [6, 6.07) is 4.75. The van der Waals surface area contributed by atoms with E-state index in [0.717, 1.165) is 4.52 Å². The molecule has 144 valence electrons. The van der Waals surface area contributed by atoms with Crippen LogP contribution in [-0.2, 0) is 18.3 Å². The number of rotatable bonds is 7. The largest absolute Gasteiger partial charge is 0.462 e. The van der Waals surface area contributed by atoms with Crippen LogP contribution in [0.25, 0.3) is 16.6 Å². The molecular weight excluding hydrogens is 375 g/mol. The number of ether oxygens (including phenoxy) is 1. The fourth-order valence-electron chi connectivity index (χ4n) is 2.62. The predicted molar refractivity (Wildman–Crippen MR) is 97.6 cm³/mol. The third-order valence-corrected chi connectivity index (χ3v) is 5.70. The van der Waals surface area contributed by atoms with E-state index in [4.69, 9.17) is 13.8 Å². The van der Waals surface area contributed by atoms with Crippen molar-refractivity contribution in [1.82, 2.24) is 19.8 Å². The highest BCUT2D eigenvalue weighted by molar-refractivity contribution is 7.61. The van der Waals surface area contributed by atoms with Gasteiger partial charge in [0.25, 0.3) is 0 Å². The molecular formula is C16H19N4O6P. The van der Waals surface area contributed by atoms with Crippen molar-refractivity contribution in [3.63, 3.8) is 0 Å². The van der Waals surface area contributed by atoms with Gasteiger partial charge < -0.3 is 13.8 Å². The van der Waals surface area contributed by atoms with Crippen LogP contribution in [0.2, 0.25) is 0 Å². The van der Waals surface area contributed by atoms with Gasteiger partial charge in [-0.1, -0.05) is 0 Å². The SMILES string of the molecule is CCOC(=O)c1ccc2c(c1)[nH]n1c(=O)c(P(=O)(OCC)OCC)nnc21. The first-order chi connectivity index (χ1) is 12.9. The molecule has 0 unspecified atom stereocenters. The lowest BCUT2D eigenvalue weighted by molar-refractivity contribution is 0.0526. The molecule has 0 atom stereocenters. The van der Waals surface area contributed by atoms with Crippen molar-refractivity contribution in [3.05, 3.63) is 34.1 Å². The zero-order valence-electron chi connectivity index (χ0n) is 15.1. The molecule has 0 amide bonds. The van der Waals surface area contributed by atoms with E-state index in [0.29, 0.717) is 16.5 Å². The van der Waals surface area contributed by atoms with Gasteiger partial charge in [0, 0.05) is 5.39 Å². The van der Waals surface area contributed by atoms with E-state index in [1.807, 2.05) is 0 Å². The van der Waals surface area contributed by atoms with Crippen LogP contribution >= 0.6 is 7.60 Å². The molecule has 3 rings (SSSR count). The lowest BCUT2D eigenvalue weighted by Crippen LogP contribution is -2.36. The van der Waals surface area contributed by atoms with Crippen LogP contribution in [0.1, 0.15) is 31.1 Å². The number of nitrogens with one attached hydrogen (secondary N) is 1. The van der Waals surface area contributed by atoms with E-state index in [1.54, 1.807) is 39.0 Å². The van der Waals surface area contributed by atoms with Gasteiger partial charge in [0.2, 0.25) is 5.44 Å². The van der Waals surface area contributed by atoms with Crippen molar-refractivity contribution in [2.24, 2.45) is 0 Å². The molecule has 10 nitrogen and oxygen atoms in total. The molecule has 11 heteroatoms. The fraction of sp³-hybridized carbons (Fsp3) is 0.375. The third-order valence-electron chi connectivity index (χ3n) is 3.71. The van der Waals surface area contributed by atoms with Crippen LogP contribution in [0.15, 0.2) is 23.0 Å². The van der Waals surface area contributed by atoms with Gasteiger partial charge in [0.15, 0.2) is 5.65 Å². The normalized spacial score (nSPS) is 12.0. The number of fused-ring (bicyclic) bond motifs is 3. The maximum Gasteiger partial charge on any atom is 0.387 e. The highest BCUT2D eigenvalue weighted by atomic mass is 31.2. The number of nitrogens with zero attached hydrogens (tertiary/aromatic N) is 3. The molecule has 2 heterocycles. The second-order valence-corrected chi connectivity index (χ2v) is 7.35. The Morgan fingerprint density at radius 3 is 2.48 bits per heavy atom. The molecule has 3 aromatic rings. The number of esters is 1. The van der Waals surface area contributed by atoms with E-state index in [1.165, 1.54) is 0 Å². The molecule has 0 aliphatic heterocycles. The van der Waals surface area contributed by atoms with Gasteiger partial charge in [-0.05, 0) is 39.0 Å². The minimum Gasteiger partial charge on any atom is -0.462 e. The first kappa shape index (κ1) is 19.2. The molecule has 0 radical (unpaired) electrons. The molecule has 0 saturated carbocycles. The summed E-state index contributed by atoms with van der Waals surface area (Å²) in [4.78, 5) is 24.7. The number of H-pyrrole nitrogens is 1. The number of hydrogen-bond donors (Lipinski definition) is 1. The highest BCUT2D eigenvalue weighted by Gasteiger charge is 2.34. The average Bonchev–Trinajstić information content (AvgIpc) is 3.01. The van der Waals surface area contributed by atoms with Crippen LogP contribution in [-0.4, -0.2) is 45.6 Å². The standard InChI is InChI=1S/C16H19N4O6P/c1-4-24-16(22)10-7-8-11-12(9-10)19-20-13(11)17-18-14(15(20)21)27(23,25-5-2)26-6-3/h7-9,19H,4-6H2,1-3H3. The van der Waals surface area contributed by atoms with E-state index in [9.17, 15) is 14.2 Å². The van der Waals surface area contributed by atoms with Gasteiger partial charge in [-0.15, -0.1) is 10.2 Å². The Kier molecular flexibility index (Phi) is 5.41. The topological polar surface area (TPSA) is 125 Å². The van der Waals surface area contributed by atoms with Gasteiger partial charge >= 0.3 is 19.1 Å². The Hall–Kier alpha value is -2.55. The maximum absolute atomic E-state index is 12.9. The van der Waals surface area contributed by atoms with Crippen molar-refractivity contribution < 1.29 is 23.1 Å². The van der Waals surface area contributed by atoms with Crippen LogP contribution in [0.3, 0.4) is 0 Å². The summed E-state index contributed by atoms with van der Waals surface area (Å²) in [5, 5.41) is 11.2. The van der Waals surface area contributed by atoms with E-state index in [-0.39, 0.29) is 25.5 Å². The Balaban J connectivity index is 2.18. The lowest BCUT2D eigenvalue weighted by atomic mass is 10.1. The van der Waals surface area contributed by atoms with Crippen molar-refractivity contribution >= 4 is 35.6 Å². The molecule has 0 saturated heterocycles. The number of aromatic nitrogens is 4. The predicted octanol–water partition coefficient (Wildman–Crippen LogP) is 1.64. The van der Waals surface area contributed by atoms with Crippen molar-refractivity contribution in [1.29, 1.82) is 0 Å². The maximum atomic E-state index is 12.9. The van der Waals surface area contributed by atoms with Gasteiger partial charge in [0.1, 0.15) is 0 Å². The molecule has 0 bridgehead atoms. The van der Waals surface area contributed by atoms with Crippen LogP contribution in [0, 0.1) is 0 Å². The molecule has 1 N–H and O–H groups in total. The molecule has 0 spiro atoms. The molecule has 27 heavy (non-hydrogen) atoms. The van der Waals surface area contributed by atoms with Gasteiger partial charge in [0.05, 0.1) is 30.9 Å². The Morgan fingerprint density at radius 1 is 1.15 bits per heavy atom. The summed E-state index contributed by atoms with van der Waals surface area (Å²) in [5.41, 5.74) is -0.0631. The minimum absolute atomic E-state index is 0.0801. The summed E-state index contributed by atoms with van der Waals surface area (Å²) in [5.74, 6) is -0.477. The molecule has 2 aromatic heterocycles. The van der Waals surface area contributed by atoms with E-state index < -0.39 is 24.6 Å².